The lowest BCUT2D eigenvalue weighted by atomic mass is 9.95. The minimum atomic E-state index is -0.140. The van der Waals surface area contributed by atoms with Gasteiger partial charge in [-0.1, -0.05) is 29.3 Å². The van der Waals surface area contributed by atoms with Crippen molar-refractivity contribution in [3.63, 3.8) is 0 Å². The number of nitrogens with zero attached hydrogens (tertiary/aromatic N) is 2. The maximum absolute atomic E-state index is 12.4. The van der Waals surface area contributed by atoms with E-state index in [1.807, 2.05) is 4.90 Å². The molecule has 1 aromatic rings. The van der Waals surface area contributed by atoms with Gasteiger partial charge in [0.15, 0.2) is 0 Å². The maximum atomic E-state index is 12.4. The molecule has 5 nitrogen and oxygen atoms in total. The molecule has 3 rings (SSSR count). The molecule has 1 N–H and O–H groups in total. The summed E-state index contributed by atoms with van der Waals surface area (Å²) in [7, 11) is 0. The number of likely N-dealkylation sites (tertiary alicyclic amines) is 2. The first-order valence-corrected chi connectivity index (χ1v) is 9.55. The summed E-state index contributed by atoms with van der Waals surface area (Å²) >= 11 is 12.2. The predicted octanol–water partition coefficient (Wildman–Crippen LogP) is 3.27. The Morgan fingerprint density at radius 2 is 1.64 bits per heavy atom. The fourth-order valence-electron chi connectivity index (χ4n) is 3.53. The van der Waals surface area contributed by atoms with E-state index >= 15 is 0 Å². The zero-order valence-electron chi connectivity index (χ0n) is 14.1. The number of amides is 2. The van der Waals surface area contributed by atoms with E-state index in [0.717, 1.165) is 51.9 Å². The lowest BCUT2D eigenvalue weighted by molar-refractivity contribution is -0.136. The van der Waals surface area contributed by atoms with Crippen LogP contribution in [0.4, 0.5) is 5.69 Å². The van der Waals surface area contributed by atoms with E-state index in [4.69, 9.17) is 23.2 Å². The van der Waals surface area contributed by atoms with Crippen molar-refractivity contribution < 1.29 is 9.59 Å². The Bertz CT molecular complexity index is 619. The van der Waals surface area contributed by atoms with E-state index in [2.05, 4.69) is 10.2 Å². The maximum Gasteiger partial charge on any atom is 0.238 e. The summed E-state index contributed by atoms with van der Waals surface area (Å²) in [6, 6.07) is 5.12. The van der Waals surface area contributed by atoms with E-state index < -0.39 is 0 Å². The van der Waals surface area contributed by atoms with Crippen molar-refractivity contribution in [2.24, 2.45) is 5.92 Å². The summed E-state index contributed by atoms with van der Waals surface area (Å²) in [6.45, 7) is 3.61. The monoisotopic (exact) mass is 383 g/mol. The molecule has 0 aromatic heterocycles. The Hall–Kier alpha value is -1.30. The minimum absolute atomic E-state index is 0.107. The van der Waals surface area contributed by atoms with Crippen molar-refractivity contribution in [1.29, 1.82) is 0 Å². The molecule has 2 fully saturated rings. The van der Waals surface area contributed by atoms with Crippen LogP contribution in [-0.2, 0) is 9.59 Å². The molecule has 7 heteroatoms. The van der Waals surface area contributed by atoms with Crippen molar-refractivity contribution in [2.45, 2.75) is 25.7 Å². The number of hydrogen-bond donors (Lipinski definition) is 1. The largest absolute Gasteiger partial charge is 0.342 e. The third kappa shape index (κ3) is 4.66. The molecule has 25 heavy (non-hydrogen) atoms. The molecule has 2 amide bonds. The molecule has 0 radical (unpaired) electrons. The van der Waals surface area contributed by atoms with Gasteiger partial charge in [-0.3, -0.25) is 14.5 Å². The van der Waals surface area contributed by atoms with Crippen LogP contribution < -0.4 is 5.32 Å². The summed E-state index contributed by atoms with van der Waals surface area (Å²) in [5.41, 5.74) is 0.454. The first-order valence-electron chi connectivity index (χ1n) is 8.79. The van der Waals surface area contributed by atoms with Crippen molar-refractivity contribution in [2.75, 3.05) is 38.0 Å². The number of nitrogens with one attached hydrogen (secondary N) is 1. The summed E-state index contributed by atoms with van der Waals surface area (Å²) in [5.74, 6) is 0.263. The first kappa shape index (κ1) is 18.5. The first-order chi connectivity index (χ1) is 12.0. The number of para-hydroxylation sites is 1. The van der Waals surface area contributed by atoms with Crippen LogP contribution in [-0.4, -0.2) is 54.3 Å². The topological polar surface area (TPSA) is 52.7 Å². The summed E-state index contributed by atoms with van der Waals surface area (Å²) in [6.07, 6.45) is 3.87. The van der Waals surface area contributed by atoms with Crippen LogP contribution in [0.5, 0.6) is 0 Å². The number of anilines is 1. The lowest BCUT2D eigenvalue weighted by Crippen LogP contribution is -2.43. The van der Waals surface area contributed by atoms with Gasteiger partial charge in [-0.2, -0.15) is 0 Å². The normalized spacial score (nSPS) is 19.2. The van der Waals surface area contributed by atoms with Crippen molar-refractivity contribution >= 4 is 40.7 Å². The molecule has 0 saturated carbocycles. The van der Waals surface area contributed by atoms with Crippen LogP contribution in [0.25, 0.3) is 0 Å². The van der Waals surface area contributed by atoms with Gasteiger partial charge in [0.2, 0.25) is 11.8 Å². The van der Waals surface area contributed by atoms with Gasteiger partial charge in [0.05, 0.1) is 22.3 Å². The van der Waals surface area contributed by atoms with E-state index in [1.165, 1.54) is 0 Å². The third-order valence-electron chi connectivity index (χ3n) is 4.95. The Labute approximate surface area is 158 Å². The average Bonchev–Trinajstić information content (AvgIpc) is 3.13. The molecule has 2 heterocycles. The molecule has 0 unspecified atom stereocenters. The quantitative estimate of drug-likeness (QED) is 0.867. The van der Waals surface area contributed by atoms with Gasteiger partial charge in [0, 0.05) is 19.0 Å². The van der Waals surface area contributed by atoms with Gasteiger partial charge in [-0.25, -0.2) is 0 Å². The fourth-order valence-corrected chi connectivity index (χ4v) is 4.02. The molecule has 0 bridgehead atoms. The highest BCUT2D eigenvalue weighted by Crippen LogP contribution is 2.30. The smallest absolute Gasteiger partial charge is 0.238 e. The molecule has 2 saturated heterocycles. The van der Waals surface area contributed by atoms with Gasteiger partial charge in [0.1, 0.15) is 0 Å². The molecular weight excluding hydrogens is 361 g/mol. The fraction of sp³-hybridized carbons (Fsp3) is 0.556. The van der Waals surface area contributed by atoms with Crippen LogP contribution in [0.1, 0.15) is 25.7 Å². The predicted molar refractivity (Wildman–Crippen MR) is 100 cm³/mol. The van der Waals surface area contributed by atoms with Gasteiger partial charge in [-0.15, -0.1) is 0 Å². The van der Waals surface area contributed by atoms with Crippen molar-refractivity contribution in [3.8, 4) is 0 Å². The van der Waals surface area contributed by atoms with Crippen LogP contribution >= 0.6 is 23.2 Å². The second-order valence-electron chi connectivity index (χ2n) is 6.73. The number of benzene rings is 1. The van der Waals surface area contributed by atoms with Gasteiger partial charge in [0.25, 0.3) is 0 Å². The van der Waals surface area contributed by atoms with Crippen LogP contribution in [0.2, 0.25) is 10.0 Å². The average molecular weight is 384 g/mol. The van der Waals surface area contributed by atoms with Gasteiger partial charge < -0.3 is 10.2 Å². The minimum Gasteiger partial charge on any atom is -0.342 e. The number of halogens is 2. The van der Waals surface area contributed by atoms with Gasteiger partial charge >= 0.3 is 0 Å². The molecule has 1 aromatic carbocycles. The second-order valence-corrected chi connectivity index (χ2v) is 7.54. The molecule has 136 valence electrons. The SMILES string of the molecule is O=C(CN1CCC(C(=O)N2CCCC2)CC1)Nc1c(Cl)cccc1Cl. The molecule has 2 aliphatic rings. The Kier molecular flexibility index (Phi) is 6.20. The van der Waals surface area contributed by atoms with Crippen LogP contribution in [0.3, 0.4) is 0 Å². The lowest BCUT2D eigenvalue weighted by Gasteiger charge is -2.32. The zero-order valence-corrected chi connectivity index (χ0v) is 15.7. The van der Waals surface area contributed by atoms with E-state index in [0.29, 0.717) is 21.6 Å². The highest BCUT2D eigenvalue weighted by Gasteiger charge is 2.30. The molecular formula is C18H23Cl2N3O2. The molecule has 2 aliphatic heterocycles. The van der Waals surface area contributed by atoms with E-state index in [-0.39, 0.29) is 18.4 Å². The van der Waals surface area contributed by atoms with Crippen molar-refractivity contribution in [3.05, 3.63) is 28.2 Å². The zero-order chi connectivity index (χ0) is 17.8. The highest BCUT2D eigenvalue weighted by molar-refractivity contribution is 6.39. The number of carbonyl (C=O) groups excluding carboxylic acids is 2. The summed E-state index contributed by atoms with van der Waals surface area (Å²) in [5, 5.41) is 3.64. The number of piperidine rings is 1. The Balaban J connectivity index is 1.47. The highest BCUT2D eigenvalue weighted by atomic mass is 35.5. The number of carbonyl (C=O) groups is 2. The Morgan fingerprint density at radius 3 is 2.24 bits per heavy atom. The second kappa shape index (κ2) is 8.39. The van der Waals surface area contributed by atoms with Crippen LogP contribution in [0, 0.1) is 5.92 Å². The Morgan fingerprint density at radius 1 is 1.04 bits per heavy atom. The standard InChI is InChI=1S/C18H23Cl2N3O2/c19-14-4-3-5-15(20)17(14)21-16(24)12-22-10-6-13(7-11-22)18(25)23-8-1-2-9-23/h3-5,13H,1-2,6-12H2,(H,21,24). The molecule has 0 aliphatic carbocycles. The van der Waals surface area contributed by atoms with Crippen molar-refractivity contribution in [1.82, 2.24) is 9.80 Å². The summed E-state index contributed by atoms with van der Waals surface area (Å²) in [4.78, 5) is 28.8. The third-order valence-corrected chi connectivity index (χ3v) is 5.58. The van der Waals surface area contributed by atoms with Gasteiger partial charge in [-0.05, 0) is 50.9 Å². The summed E-state index contributed by atoms with van der Waals surface area (Å²) < 4.78 is 0. The molecule has 0 atom stereocenters. The number of rotatable bonds is 4. The molecule has 0 spiro atoms. The van der Waals surface area contributed by atoms with E-state index in [1.54, 1.807) is 18.2 Å². The number of hydrogen-bond acceptors (Lipinski definition) is 3. The van der Waals surface area contributed by atoms with E-state index in [9.17, 15) is 9.59 Å². The van der Waals surface area contributed by atoms with Crippen LogP contribution in [0.15, 0.2) is 18.2 Å².